The van der Waals surface area contributed by atoms with E-state index in [1.807, 2.05) is 0 Å². The Morgan fingerprint density at radius 3 is 1.45 bits per heavy atom. The zero-order valence-electron chi connectivity index (χ0n) is 41.5. The molecule has 1 spiro atoms. The van der Waals surface area contributed by atoms with E-state index in [4.69, 9.17) is 0 Å². The van der Waals surface area contributed by atoms with Crippen LogP contribution in [0.4, 0.5) is 17.1 Å². The number of benzene rings is 12. The second kappa shape index (κ2) is 16.5. The van der Waals surface area contributed by atoms with Crippen molar-refractivity contribution in [2.75, 3.05) is 4.90 Å². The van der Waals surface area contributed by atoms with Gasteiger partial charge in [-0.3, -0.25) is 0 Å². The molecule has 2 aliphatic rings. The highest BCUT2D eigenvalue weighted by molar-refractivity contribution is 6.15. The zero-order valence-corrected chi connectivity index (χ0v) is 41.5. The Hall–Kier alpha value is -9.96. The molecule has 0 saturated heterocycles. The monoisotopic (exact) mass is 965 g/mol. The van der Waals surface area contributed by atoms with Crippen molar-refractivity contribution in [2.45, 2.75) is 5.41 Å². The van der Waals surface area contributed by atoms with E-state index in [9.17, 15) is 0 Å². The van der Waals surface area contributed by atoms with Crippen LogP contribution in [-0.4, -0.2) is 9.13 Å². The van der Waals surface area contributed by atoms with Crippen molar-refractivity contribution in [3.8, 4) is 55.9 Å². The highest BCUT2D eigenvalue weighted by Gasteiger charge is 2.51. The van der Waals surface area contributed by atoms with Crippen LogP contribution in [-0.2, 0) is 5.41 Å². The van der Waals surface area contributed by atoms with Crippen molar-refractivity contribution < 1.29 is 0 Å². The lowest BCUT2D eigenvalue weighted by Crippen LogP contribution is -2.33. The lowest BCUT2D eigenvalue weighted by molar-refractivity contribution is 0.748. The molecule has 3 heterocycles. The standard InChI is InChI=1S/C73H47N3/c1-2-19-48(20-3-1)49-37-39-51(40-38-49)56-23-6-13-32-67(56)74(53-43-41-50(42-44-53)52-21-18-22-54(45-52)75-68-33-14-7-26-59(68)60-27-8-15-34-69(60)75)55-46-62-61-28-9-16-35-70(61)76-71-36-17-12-31-65(71)73(66(47-55)72(62)76)63-29-10-4-24-57(63)58-25-5-11-30-64(58)73/h1-47H. The summed E-state index contributed by atoms with van der Waals surface area (Å²) < 4.78 is 4.95. The molecule has 0 unspecified atom stereocenters. The number of para-hydroxylation sites is 5. The first-order valence-corrected chi connectivity index (χ1v) is 26.3. The van der Waals surface area contributed by atoms with Crippen LogP contribution in [0.2, 0.25) is 0 Å². The lowest BCUT2D eigenvalue weighted by atomic mass is 9.65. The van der Waals surface area contributed by atoms with Gasteiger partial charge in [-0.15, -0.1) is 0 Å². The normalized spacial score (nSPS) is 12.8. The summed E-state index contributed by atoms with van der Waals surface area (Å²) in [5.74, 6) is 0. The molecule has 76 heavy (non-hydrogen) atoms. The van der Waals surface area contributed by atoms with Gasteiger partial charge in [-0.25, -0.2) is 0 Å². The second-order valence-corrected chi connectivity index (χ2v) is 20.4. The minimum atomic E-state index is -0.591. The summed E-state index contributed by atoms with van der Waals surface area (Å²) >= 11 is 0. The molecule has 1 aliphatic heterocycles. The van der Waals surface area contributed by atoms with Gasteiger partial charge in [-0.1, -0.05) is 218 Å². The van der Waals surface area contributed by atoms with Crippen molar-refractivity contribution in [1.82, 2.24) is 9.13 Å². The maximum atomic E-state index is 2.54. The Labute approximate surface area is 441 Å². The summed E-state index contributed by atoms with van der Waals surface area (Å²) in [6.07, 6.45) is 0. The molecule has 14 aromatic rings. The number of hydrogen-bond donors (Lipinski definition) is 0. The SMILES string of the molecule is c1ccc(-c2ccc(-c3ccccc3N(c3ccc(-c4cccc(-n5c6ccccc6c6ccccc65)c4)cc3)c3cc4c5c(c3)c3ccccc3n5-c3ccccc3C43c4ccccc4-c4ccccc43)cc2)cc1. The molecule has 2 aromatic heterocycles. The molecule has 0 bridgehead atoms. The van der Waals surface area contributed by atoms with Crippen LogP contribution in [0.3, 0.4) is 0 Å². The second-order valence-electron chi connectivity index (χ2n) is 20.4. The highest BCUT2D eigenvalue weighted by atomic mass is 15.1. The van der Waals surface area contributed by atoms with Gasteiger partial charge in [0.1, 0.15) is 0 Å². The van der Waals surface area contributed by atoms with Gasteiger partial charge in [0.05, 0.1) is 38.9 Å². The highest BCUT2D eigenvalue weighted by Crippen LogP contribution is 2.62. The van der Waals surface area contributed by atoms with Crippen molar-refractivity contribution in [3.63, 3.8) is 0 Å². The van der Waals surface area contributed by atoms with Gasteiger partial charge in [0.15, 0.2) is 0 Å². The van der Waals surface area contributed by atoms with Crippen LogP contribution in [0.1, 0.15) is 22.3 Å². The Balaban J connectivity index is 0.936. The number of rotatable bonds is 7. The molecule has 0 N–H and O–H groups in total. The molecular weight excluding hydrogens is 919 g/mol. The Bertz CT molecular complexity index is 4530. The predicted molar refractivity (Wildman–Crippen MR) is 317 cm³/mol. The predicted octanol–water partition coefficient (Wildman–Crippen LogP) is 19.0. The molecule has 0 atom stereocenters. The minimum Gasteiger partial charge on any atom is -0.310 e. The molecule has 0 amide bonds. The van der Waals surface area contributed by atoms with Crippen molar-refractivity contribution in [1.29, 1.82) is 0 Å². The molecule has 16 rings (SSSR count). The van der Waals surface area contributed by atoms with Crippen LogP contribution in [0.15, 0.2) is 285 Å². The molecule has 0 radical (unpaired) electrons. The average Bonchev–Trinajstić information content (AvgIpc) is 4.32. The van der Waals surface area contributed by atoms with Gasteiger partial charge in [-0.2, -0.15) is 0 Å². The van der Waals surface area contributed by atoms with Crippen molar-refractivity contribution in [3.05, 3.63) is 307 Å². The smallest absolute Gasteiger partial charge is 0.0755 e. The van der Waals surface area contributed by atoms with E-state index < -0.39 is 5.41 Å². The van der Waals surface area contributed by atoms with Crippen molar-refractivity contribution >= 4 is 60.7 Å². The number of hydrogen-bond acceptors (Lipinski definition) is 1. The van der Waals surface area contributed by atoms with Gasteiger partial charge in [-0.05, 0) is 128 Å². The average molecular weight is 966 g/mol. The molecule has 354 valence electrons. The Morgan fingerprint density at radius 2 is 0.763 bits per heavy atom. The van der Waals surface area contributed by atoms with Gasteiger partial charge in [0.25, 0.3) is 0 Å². The third-order valence-corrected chi connectivity index (χ3v) is 16.5. The summed E-state index contributed by atoms with van der Waals surface area (Å²) in [5.41, 5.74) is 24.7. The van der Waals surface area contributed by atoms with Gasteiger partial charge < -0.3 is 14.0 Å². The summed E-state index contributed by atoms with van der Waals surface area (Å²) in [7, 11) is 0. The largest absolute Gasteiger partial charge is 0.310 e. The Morgan fingerprint density at radius 1 is 0.276 bits per heavy atom. The number of aromatic nitrogens is 2. The first-order chi connectivity index (χ1) is 37.7. The Kier molecular flexibility index (Phi) is 9.25. The molecule has 1 aliphatic carbocycles. The molecule has 12 aromatic carbocycles. The summed E-state index contributed by atoms with van der Waals surface area (Å²) in [4.78, 5) is 2.52. The van der Waals surface area contributed by atoms with E-state index in [1.165, 1.54) is 93.8 Å². The van der Waals surface area contributed by atoms with E-state index in [-0.39, 0.29) is 0 Å². The fraction of sp³-hybridized carbons (Fsp3) is 0.0137. The maximum absolute atomic E-state index is 2.54. The van der Waals surface area contributed by atoms with E-state index in [1.54, 1.807) is 0 Å². The first kappa shape index (κ1) is 42.5. The number of fused-ring (bicyclic) bond motifs is 15. The number of nitrogens with zero attached hydrogens (tertiary/aromatic N) is 3. The van der Waals surface area contributed by atoms with Crippen LogP contribution in [0, 0.1) is 0 Å². The summed E-state index contributed by atoms with van der Waals surface area (Å²) in [6, 6.07) is 106. The van der Waals surface area contributed by atoms with Gasteiger partial charge >= 0.3 is 0 Å². The van der Waals surface area contributed by atoms with E-state index in [0.29, 0.717) is 0 Å². The van der Waals surface area contributed by atoms with Crippen LogP contribution >= 0.6 is 0 Å². The lowest BCUT2D eigenvalue weighted by Gasteiger charge is -2.40. The first-order valence-electron chi connectivity index (χ1n) is 26.3. The fourth-order valence-electron chi connectivity index (χ4n) is 13.3. The fourth-order valence-corrected chi connectivity index (χ4v) is 13.3. The molecular formula is C73H47N3. The molecule has 3 nitrogen and oxygen atoms in total. The van der Waals surface area contributed by atoms with Crippen molar-refractivity contribution in [2.24, 2.45) is 0 Å². The van der Waals surface area contributed by atoms with Crippen LogP contribution in [0.25, 0.3) is 99.5 Å². The molecule has 0 saturated carbocycles. The van der Waals surface area contributed by atoms with E-state index in [2.05, 4.69) is 299 Å². The molecule has 0 fully saturated rings. The van der Waals surface area contributed by atoms with Crippen LogP contribution in [0.5, 0.6) is 0 Å². The molecule has 3 heteroatoms. The quantitative estimate of drug-likeness (QED) is 0.155. The minimum absolute atomic E-state index is 0.591. The third kappa shape index (κ3) is 6.05. The van der Waals surface area contributed by atoms with Gasteiger partial charge in [0, 0.05) is 44.2 Å². The van der Waals surface area contributed by atoms with Gasteiger partial charge in [0.2, 0.25) is 0 Å². The summed E-state index contributed by atoms with van der Waals surface area (Å²) in [5, 5.41) is 4.98. The third-order valence-electron chi connectivity index (χ3n) is 16.5. The summed E-state index contributed by atoms with van der Waals surface area (Å²) in [6.45, 7) is 0. The van der Waals surface area contributed by atoms with E-state index in [0.717, 1.165) is 45.0 Å². The topological polar surface area (TPSA) is 13.1 Å². The van der Waals surface area contributed by atoms with Crippen LogP contribution < -0.4 is 4.90 Å². The number of anilines is 3. The zero-order chi connectivity index (χ0) is 49.9. The maximum Gasteiger partial charge on any atom is 0.0755 e. The van der Waals surface area contributed by atoms with E-state index >= 15 is 0 Å².